The minimum absolute atomic E-state index is 0.289. The number of hydrogen-bond donors (Lipinski definition) is 1. The number of ether oxygens (including phenoxy) is 1. The zero-order valence-electron chi connectivity index (χ0n) is 10.7. The molecule has 3 rings (SSSR count). The molecule has 19 heavy (non-hydrogen) atoms. The van der Waals surface area contributed by atoms with Gasteiger partial charge in [-0.2, -0.15) is 4.31 Å². The lowest BCUT2D eigenvalue weighted by molar-refractivity contribution is -0.0445. The number of benzene rings is 1. The van der Waals surface area contributed by atoms with Gasteiger partial charge in [0.05, 0.1) is 11.5 Å². The molecule has 2 heterocycles. The Morgan fingerprint density at radius 3 is 2.42 bits per heavy atom. The maximum atomic E-state index is 12.5. The highest BCUT2D eigenvalue weighted by Crippen LogP contribution is 2.29. The largest absolute Gasteiger partial charge is 0.359 e. The van der Waals surface area contributed by atoms with Crippen molar-refractivity contribution in [1.82, 2.24) is 9.62 Å². The van der Waals surface area contributed by atoms with Crippen LogP contribution in [0.4, 0.5) is 0 Å². The van der Waals surface area contributed by atoms with Crippen LogP contribution in [0, 0.1) is 0 Å². The normalized spacial score (nSPS) is 23.8. The Morgan fingerprint density at radius 2 is 1.84 bits per heavy atom. The lowest BCUT2D eigenvalue weighted by atomic mass is 10.0. The van der Waals surface area contributed by atoms with Crippen molar-refractivity contribution in [2.24, 2.45) is 0 Å². The van der Waals surface area contributed by atoms with Crippen LogP contribution in [0.3, 0.4) is 0 Å². The summed E-state index contributed by atoms with van der Waals surface area (Å²) in [5.41, 5.74) is -0.289. The molecule has 0 atom stereocenters. The van der Waals surface area contributed by atoms with Crippen LogP contribution in [0.15, 0.2) is 35.2 Å². The van der Waals surface area contributed by atoms with Gasteiger partial charge in [-0.3, -0.25) is 5.32 Å². The third-order valence-corrected chi connectivity index (χ3v) is 5.75. The number of hydrogen-bond acceptors (Lipinski definition) is 4. The number of rotatable bonds is 2. The van der Waals surface area contributed by atoms with E-state index in [1.807, 2.05) is 6.07 Å². The Hall–Kier alpha value is -0.950. The monoisotopic (exact) mass is 282 g/mol. The molecule has 6 heteroatoms. The fourth-order valence-corrected chi connectivity index (χ4v) is 4.19. The molecule has 5 nitrogen and oxygen atoms in total. The van der Waals surface area contributed by atoms with E-state index in [1.165, 1.54) is 0 Å². The molecular formula is C13H18N2O3S. The molecule has 2 aliphatic rings. The van der Waals surface area contributed by atoms with E-state index < -0.39 is 10.0 Å². The van der Waals surface area contributed by atoms with Crippen molar-refractivity contribution >= 4 is 10.0 Å². The quantitative estimate of drug-likeness (QED) is 0.871. The Kier molecular flexibility index (Phi) is 3.34. The average molecular weight is 282 g/mol. The van der Waals surface area contributed by atoms with Crippen LogP contribution in [0.1, 0.15) is 12.8 Å². The van der Waals surface area contributed by atoms with Gasteiger partial charge in [0.1, 0.15) is 5.72 Å². The molecule has 1 aromatic rings. The van der Waals surface area contributed by atoms with E-state index in [9.17, 15) is 8.42 Å². The van der Waals surface area contributed by atoms with E-state index in [2.05, 4.69) is 5.32 Å². The molecule has 2 saturated heterocycles. The first-order valence-corrected chi connectivity index (χ1v) is 8.01. The third-order valence-electron chi connectivity index (χ3n) is 3.84. The van der Waals surface area contributed by atoms with E-state index in [-0.39, 0.29) is 5.72 Å². The molecule has 1 N–H and O–H groups in total. The molecule has 0 bridgehead atoms. The van der Waals surface area contributed by atoms with Crippen molar-refractivity contribution in [3.8, 4) is 0 Å². The van der Waals surface area contributed by atoms with E-state index in [0.29, 0.717) is 37.4 Å². The van der Waals surface area contributed by atoms with Crippen molar-refractivity contribution in [2.45, 2.75) is 23.5 Å². The van der Waals surface area contributed by atoms with Gasteiger partial charge in [0.2, 0.25) is 10.0 Å². The van der Waals surface area contributed by atoms with Gasteiger partial charge in [-0.15, -0.1) is 0 Å². The third kappa shape index (κ3) is 2.41. The molecule has 0 aromatic heterocycles. The highest BCUT2D eigenvalue weighted by Gasteiger charge is 2.41. The van der Waals surface area contributed by atoms with Crippen molar-refractivity contribution in [3.05, 3.63) is 30.3 Å². The van der Waals surface area contributed by atoms with Crippen LogP contribution < -0.4 is 5.32 Å². The van der Waals surface area contributed by atoms with E-state index >= 15 is 0 Å². The van der Waals surface area contributed by atoms with Crippen molar-refractivity contribution in [2.75, 3.05) is 26.2 Å². The number of sulfonamides is 1. The van der Waals surface area contributed by atoms with Gasteiger partial charge in [-0.05, 0) is 12.1 Å². The molecule has 1 aromatic carbocycles. The van der Waals surface area contributed by atoms with Gasteiger partial charge < -0.3 is 4.74 Å². The predicted molar refractivity (Wildman–Crippen MR) is 71.1 cm³/mol. The second kappa shape index (κ2) is 4.86. The molecule has 1 spiro atoms. The maximum absolute atomic E-state index is 12.5. The van der Waals surface area contributed by atoms with Gasteiger partial charge in [0, 0.05) is 32.5 Å². The molecule has 0 amide bonds. The van der Waals surface area contributed by atoms with Crippen molar-refractivity contribution in [3.63, 3.8) is 0 Å². The first kappa shape index (κ1) is 13.1. The summed E-state index contributed by atoms with van der Waals surface area (Å²) in [6.45, 7) is 2.57. The number of piperidine rings is 1. The Labute approximate surface area is 113 Å². The first-order chi connectivity index (χ1) is 9.12. The lowest BCUT2D eigenvalue weighted by Gasteiger charge is -2.37. The summed E-state index contributed by atoms with van der Waals surface area (Å²) in [7, 11) is -3.36. The fraction of sp³-hybridized carbons (Fsp3) is 0.538. The van der Waals surface area contributed by atoms with Crippen LogP contribution in [0.25, 0.3) is 0 Å². The van der Waals surface area contributed by atoms with E-state index in [4.69, 9.17) is 4.74 Å². The Bertz CT molecular complexity index is 528. The summed E-state index contributed by atoms with van der Waals surface area (Å²) < 4.78 is 32.2. The molecule has 0 radical (unpaired) electrons. The minimum Gasteiger partial charge on any atom is -0.359 e. The summed E-state index contributed by atoms with van der Waals surface area (Å²) in [5.74, 6) is 0. The summed E-state index contributed by atoms with van der Waals surface area (Å²) in [6, 6.07) is 8.61. The van der Waals surface area contributed by atoms with Gasteiger partial charge in [0.25, 0.3) is 0 Å². The van der Waals surface area contributed by atoms with Gasteiger partial charge >= 0.3 is 0 Å². The van der Waals surface area contributed by atoms with Crippen molar-refractivity contribution in [1.29, 1.82) is 0 Å². The Morgan fingerprint density at radius 1 is 1.16 bits per heavy atom. The smallest absolute Gasteiger partial charge is 0.243 e. The van der Waals surface area contributed by atoms with Crippen LogP contribution in [-0.2, 0) is 14.8 Å². The zero-order chi connectivity index (χ0) is 13.3. The topological polar surface area (TPSA) is 58.6 Å². The van der Waals surface area contributed by atoms with Gasteiger partial charge in [-0.1, -0.05) is 18.2 Å². The molecule has 0 saturated carbocycles. The second-order valence-corrected chi connectivity index (χ2v) is 6.92. The van der Waals surface area contributed by atoms with Gasteiger partial charge in [0.15, 0.2) is 0 Å². The highest BCUT2D eigenvalue weighted by molar-refractivity contribution is 7.89. The molecule has 2 aliphatic heterocycles. The average Bonchev–Trinajstić information content (AvgIpc) is 2.89. The Balaban J connectivity index is 1.74. The summed E-state index contributed by atoms with van der Waals surface area (Å²) >= 11 is 0. The SMILES string of the molecule is O=S(=O)(c1ccccc1)N1CCC2(CC1)NCCO2. The number of nitrogens with one attached hydrogen (secondary N) is 1. The predicted octanol–water partition coefficient (Wildman–Crippen LogP) is 0.787. The summed E-state index contributed by atoms with van der Waals surface area (Å²) in [6.07, 6.45) is 1.41. The van der Waals surface area contributed by atoms with E-state index in [0.717, 1.165) is 6.54 Å². The van der Waals surface area contributed by atoms with Gasteiger partial charge in [-0.25, -0.2) is 8.42 Å². The summed E-state index contributed by atoms with van der Waals surface area (Å²) in [4.78, 5) is 0.367. The molecule has 0 unspecified atom stereocenters. The first-order valence-electron chi connectivity index (χ1n) is 6.57. The van der Waals surface area contributed by atoms with E-state index in [1.54, 1.807) is 28.6 Å². The van der Waals surface area contributed by atoms with Crippen LogP contribution >= 0.6 is 0 Å². The standard InChI is InChI=1S/C13H18N2O3S/c16-19(17,12-4-2-1-3-5-12)15-9-6-13(7-10-15)14-8-11-18-13/h1-5,14H,6-11H2. The molecule has 2 fully saturated rings. The fourth-order valence-electron chi connectivity index (χ4n) is 2.73. The van der Waals surface area contributed by atoms with Crippen LogP contribution in [0.2, 0.25) is 0 Å². The zero-order valence-corrected chi connectivity index (χ0v) is 11.5. The van der Waals surface area contributed by atoms with Crippen molar-refractivity contribution < 1.29 is 13.2 Å². The number of nitrogens with zero attached hydrogens (tertiary/aromatic N) is 1. The molecule has 104 valence electrons. The molecular weight excluding hydrogens is 264 g/mol. The second-order valence-electron chi connectivity index (χ2n) is 4.99. The van der Waals surface area contributed by atoms with Crippen LogP contribution in [-0.4, -0.2) is 44.7 Å². The summed E-state index contributed by atoms with van der Waals surface area (Å²) in [5, 5.41) is 3.34. The maximum Gasteiger partial charge on any atom is 0.243 e. The van der Waals surface area contributed by atoms with Crippen LogP contribution in [0.5, 0.6) is 0 Å². The lowest BCUT2D eigenvalue weighted by Crippen LogP contribution is -2.52. The highest BCUT2D eigenvalue weighted by atomic mass is 32.2. The molecule has 0 aliphatic carbocycles. The minimum atomic E-state index is -3.36.